The number of rotatable bonds is 4. The van der Waals surface area contributed by atoms with E-state index < -0.39 is 0 Å². The molecule has 0 saturated heterocycles. The van der Waals surface area contributed by atoms with Crippen LogP contribution in [0.15, 0.2) is 158 Å². The SMILES string of the molecule is [C-]#[N+]c1ccc(-c2c([N+]#[C-])cccc2-c2ccc(-n3c4ccccc4c4ccccc43)cc2)c(-n2c3ccccc3c3ccccc32)c1. The molecule has 48 heavy (non-hydrogen) atoms. The third-order valence-corrected chi connectivity index (χ3v) is 9.38. The summed E-state index contributed by atoms with van der Waals surface area (Å²) in [6, 6.07) is 54.2. The molecule has 0 N–H and O–H groups in total. The first-order valence-corrected chi connectivity index (χ1v) is 15.8. The highest BCUT2D eigenvalue weighted by atomic mass is 15.0. The summed E-state index contributed by atoms with van der Waals surface area (Å²) < 4.78 is 4.55. The first-order valence-electron chi connectivity index (χ1n) is 15.8. The van der Waals surface area contributed by atoms with E-state index in [0.717, 1.165) is 66.5 Å². The van der Waals surface area contributed by atoms with Crippen LogP contribution in [0.25, 0.3) is 86.9 Å². The molecule has 4 nitrogen and oxygen atoms in total. The lowest BCUT2D eigenvalue weighted by Crippen LogP contribution is -1.98. The van der Waals surface area contributed by atoms with Crippen LogP contribution in [-0.2, 0) is 0 Å². The summed E-state index contributed by atoms with van der Waals surface area (Å²) in [5.41, 5.74) is 11.2. The molecule has 7 aromatic carbocycles. The normalized spacial score (nSPS) is 11.3. The predicted molar refractivity (Wildman–Crippen MR) is 199 cm³/mol. The van der Waals surface area contributed by atoms with Crippen LogP contribution < -0.4 is 0 Å². The second-order valence-corrected chi connectivity index (χ2v) is 11.9. The molecule has 0 bridgehead atoms. The average Bonchev–Trinajstić information content (AvgIpc) is 3.67. The van der Waals surface area contributed by atoms with Gasteiger partial charge in [0.1, 0.15) is 0 Å². The Balaban J connectivity index is 1.27. The number of nitrogens with zero attached hydrogens (tertiary/aromatic N) is 4. The first-order chi connectivity index (χ1) is 23.7. The van der Waals surface area contributed by atoms with Crippen LogP contribution in [0, 0.1) is 13.1 Å². The molecule has 2 aromatic heterocycles. The summed E-state index contributed by atoms with van der Waals surface area (Å²) >= 11 is 0. The molecule has 0 aliphatic carbocycles. The Kier molecular flexibility index (Phi) is 6.22. The van der Waals surface area contributed by atoms with Crippen molar-refractivity contribution in [2.75, 3.05) is 0 Å². The van der Waals surface area contributed by atoms with E-state index in [-0.39, 0.29) is 0 Å². The van der Waals surface area contributed by atoms with Gasteiger partial charge in [0.15, 0.2) is 11.4 Å². The first kappa shape index (κ1) is 27.4. The van der Waals surface area contributed by atoms with Gasteiger partial charge in [0.25, 0.3) is 0 Å². The molecule has 9 aromatic rings. The second-order valence-electron chi connectivity index (χ2n) is 11.9. The lowest BCUT2D eigenvalue weighted by atomic mass is 9.91. The summed E-state index contributed by atoms with van der Waals surface area (Å²) in [7, 11) is 0. The Hall–Kier alpha value is -6.88. The summed E-state index contributed by atoms with van der Waals surface area (Å²) in [5.74, 6) is 0. The zero-order valence-electron chi connectivity index (χ0n) is 25.8. The van der Waals surface area contributed by atoms with Crippen LogP contribution in [0.1, 0.15) is 0 Å². The highest BCUT2D eigenvalue weighted by molar-refractivity contribution is 6.11. The lowest BCUT2D eigenvalue weighted by molar-refractivity contribution is 1.18. The minimum Gasteiger partial charge on any atom is -0.310 e. The average molecular weight is 611 g/mol. The van der Waals surface area contributed by atoms with Crippen molar-refractivity contribution in [1.82, 2.24) is 9.13 Å². The van der Waals surface area contributed by atoms with E-state index in [4.69, 9.17) is 13.1 Å². The number of hydrogen-bond donors (Lipinski definition) is 0. The smallest absolute Gasteiger partial charge is 0.195 e. The molecule has 0 radical (unpaired) electrons. The Morgan fingerprint density at radius 1 is 0.417 bits per heavy atom. The molecule has 0 saturated carbocycles. The molecule has 0 aliphatic heterocycles. The van der Waals surface area contributed by atoms with Gasteiger partial charge in [-0.3, -0.25) is 0 Å². The van der Waals surface area contributed by atoms with Crippen LogP contribution in [0.5, 0.6) is 0 Å². The Labute approximate surface area is 277 Å². The van der Waals surface area contributed by atoms with Crippen molar-refractivity contribution in [3.63, 3.8) is 0 Å². The summed E-state index contributed by atoms with van der Waals surface area (Å²) in [4.78, 5) is 7.84. The van der Waals surface area contributed by atoms with Gasteiger partial charge in [0.05, 0.1) is 35.2 Å². The zero-order chi connectivity index (χ0) is 32.2. The Bertz CT molecular complexity index is 2690. The fraction of sp³-hybridized carbons (Fsp3) is 0. The van der Waals surface area contributed by atoms with Crippen LogP contribution in [0.4, 0.5) is 11.4 Å². The van der Waals surface area contributed by atoms with E-state index in [1.54, 1.807) is 0 Å². The van der Waals surface area contributed by atoms with Gasteiger partial charge >= 0.3 is 0 Å². The van der Waals surface area contributed by atoms with Gasteiger partial charge < -0.3 is 9.13 Å². The van der Waals surface area contributed by atoms with Crippen molar-refractivity contribution in [2.45, 2.75) is 0 Å². The van der Waals surface area contributed by atoms with Crippen LogP contribution >= 0.6 is 0 Å². The van der Waals surface area contributed by atoms with Gasteiger partial charge in [-0.05, 0) is 64.7 Å². The summed E-state index contributed by atoms with van der Waals surface area (Å²) in [6.07, 6.45) is 0. The molecule has 222 valence electrons. The van der Waals surface area contributed by atoms with Crippen LogP contribution in [-0.4, -0.2) is 9.13 Å². The van der Waals surface area contributed by atoms with Crippen molar-refractivity contribution in [1.29, 1.82) is 0 Å². The number of aromatic nitrogens is 2. The lowest BCUT2D eigenvalue weighted by Gasteiger charge is -2.19. The molecule has 0 unspecified atom stereocenters. The number of para-hydroxylation sites is 4. The maximum absolute atomic E-state index is 8.23. The van der Waals surface area contributed by atoms with E-state index in [9.17, 15) is 0 Å². The van der Waals surface area contributed by atoms with Gasteiger partial charge in [0, 0.05) is 32.9 Å². The Morgan fingerprint density at radius 3 is 1.46 bits per heavy atom. The number of benzene rings is 7. The predicted octanol–water partition coefficient (Wildman–Crippen LogP) is 12.3. The summed E-state index contributed by atoms with van der Waals surface area (Å²) in [6.45, 7) is 16.1. The molecule has 4 heteroatoms. The minimum atomic E-state index is 0.549. The van der Waals surface area contributed by atoms with Gasteiger partial charge in [-0.1, -0.05) is 115 Å². The van der Waals surface area contributed by atoms with Crippen molar-refractivity contribution in [3.05, 3.63) is 181 Å². The van der Waals surface area contributed by atoms with Gasteiger partial charge in [0.2, 0.25) is 0 Å². The molecule has 0 atom stereocenters. The number of fused-ring (bicyclic) bond motifs is 6. The van der Waals surface area contributed by atoms with E-state index in [2.05, 4.69) is 134 Å². The monoisotopic (exact) mass is 610 g/mol. The molecular formula is C44H26N4. The fourth-order valence-corrected chi connectivity index (χ4v) is 7.32. The van der Waals surface area contributed by atoms with E-state index in [0.29, 0.717) is 11.4 Å². The number of hydrogen-bond acceptors (Lipinski definition) is 0. The third-order valence-electron chi connectivity index (χ3n) is 9.38. The van der Waals surface area contributed by atoms with Crippen LogP contribution in [0.2, 0.25) is 0 Å². The van der Waals surface area contributed by atoms with E-state index in [1.807, 2.05) is 42.5 Å². The largest absolute Gasteiger partial charge is 0.310 e. The highest BCUT2D eigenvalue weighted by Gasteiger charge is 2.21. The maximum atomic E-state index is 8.23. The highest BCUT2D eigenvalue weighted by Crippen LogP contribution is 2.45. The van der Waals surface area contributed by atoms with Crippen molar-refractivity contribution in [3.8, 4) is 33.6 Å². The minimum absolute atomic E-state index is 0.549. The standard InChI is InChI=1S/C44H26N4/c1-45-30-24-27-37(43(28-30)48-41-20-9-5-14-35(41)36-15-6-10-21-42(36)48)44-32(16-11-17-38(44)46-2)29-22-25-31(26-23-29)47-39-18-7-3-12-33(39)34-13-4-8-19-40(34)47/h3-28H. The van der Waals surface area contributed by atoms with E-state index in [1.165, 1.54) is 10.8 Å². The second kappa shape index (κ2) is 10.9. The molecule has 0 spiro atoms. The zero-order valence-corrected chi connectivity index (χ0v) is 25.8. The van der Waals surface area contributed by atoms with Crippen molar-refractivity contribution >= 4 is 55.0 Å². The molecular weight excluding hydrogens is 585 g/mol. The summed E-state index contributed by atoms with van der Waals surface area (Å²) in [5, 5.41) is 4.74. The van der Waals surface area contributed by atoms with Crippen molar-refractivity contribution < 1.29 is 0 Å². The maximum Gasteiger partial charge on any atom is 0.195 e. The third kappa shape index (κ3) is 4.07. The Morgan fingerprint density at radius 2 is 0.938 bits per heavy atom. The van der Waals surface area contributed by atoms with E-state index >= 15 is 0 Å². The van der Waals surface area contributed by atoms with Gasteiger partial charge in [-0.15, -0.1) is 0 Å². The molecule has 0 aliphatic rings. The van der Waals surface area contributed by atoms with Gasteiger partial charge in [-0.25, -0.2) is 9.69 Å². The van der Waals surface area contributed by atoms with Gasteiger partial charge in [-0.2, -0.15) is 0 Å². The quantitative estimate of drug-likeness (QED) is 0.177. The topological polar surface area (TPSA) is 18.6 Å². The molecule has 0 amide bonds. The molecule has 0 fully saturated rings. The van der Waals surface area contributed by atoms with Crippen molar-refractivity contribution in [2.24, 2.45) is 0 Å². The molecule has 9 rings (SSSR count). The molecule has 2 heterocycles. The van der Waals surface area contributed by atoms with Crippen LogP contribution in [0.3, 0.4) is 0 Å². The fourth-order valence-electron chi connectivity index (χ4n) is 7.32.